The van der Waals surface area contributed by atoms with Crippen LogP contribution in [0.5, 0.6) is 0 Å². The van der Waals surface area contributed by atoms with Crippen molar-refractivity contribution in [3.63, 3.8) is 0 Å². The molecule has 0 saturated carbocycles. The molecular weight excluding hydrogens is 672 g/mol. The predicted octanol–water partition coefficient (Wildman–Crippen LogP) is 12.2. The van der Waals surface area contributed by atoms with Crippen LogP contribution in [0.15, 0.2) is 158 Å². The Morgan fingerprint density at radius 1 is 0.438 bits per heavy atom. The van der Waals surface area contributed by atoms with Gasteiger partial charge in [0.2, 0.25) is 0 Å². The molecule has 0 N–H and O–H groups in total. The van der Waals surface area contributed by atoms with Crippen molar-refractivity contribution in [3.8, 4) is 11.1 Å². The molecule has 0 amide bonds. The van der Waals surface area contributed by atoms with Gasteiger partial charge in [-0.2, -0.15) is 6.07 Å². The zero-order valence-corrected chi connectivity index (χ0v) is 31.5. The van der Waals surface area contributed by atoms with Crippen molar-refractivity contribution in [3.05, 3.63) is 174 Å². The number of hydrogen-bond acceptors (Lipinski definition) is 0. The summed E-state index contributed by atoms with van der Waals surface area (Å²) in [5, 5.41) is 14.9. The second-order valence-electron chi connectivity index (χ2n) is 12.8. The third-order valence-corrected chi connectivity index (χ3v) is 12.5. The topological polar surface area (TPSA) is 0 Å². The van der Waals surface area contributed by atoms with Gasteiger partial charge in [-0.3, -0.25) is 0 Å². The predicted molar refractivity (Wildman–Crippen MR) is 209 cm³/mol. The first-order chi connectivity index (χ1) is 23.4. The van der Waals surface area contributed by atoms with Gasteiger partial charge in [0.25, 0.3) is 0 Å². The molecule has 0 saturated heterocycles. The van der Waals surface area contributed by atoms with Crippen molar-refractivity contribution in [2.45, 2.75) is 27.3 Å². The molecule has 0 nitrogen and oxygen atoms in total. The molecular formula is C46H38SiZr. The van der Waals surface area contributed by atoms with E-state index in [1.54, 1.807) is 28.5 Å². The van der Waals surface area contributed by atoms with Crippen molar-refractivity contribution in [2.24, 2.45) is 0 Å². The van der Waals surface area contributed by atoms with E-state index in [-0.39, 0.29) is 5.43 Å². The van der Waals surface area contributed by atoms with E-state index in [4.69, 9.17) is 0 Å². The average Bonchev–Trinajstić information content (AvgIpc) is 3.67. The smallest absolute Gasteiger partial charge is 0.00995 e. The van der Waals surface area contributed by atoms with Crippen molar-refractivity contribution in [1.82, 2.24) is 0 Å². The van der Waals surface area contributed by atoms with Crippen LogP contribution in [0.3, 0.4) is 0 Å². The van der Waals surface area contributed by atoms with E-state index in [2.05, 4.69) is 185 Å². The molecule has 0 atom stereocenters. The van der Waals surface area contributed by atoms with Crippen LogP contribution >= 0.6 is 0 Å². The van der Waals surface area contributed by atoms with Crippen LogP contribution in [-0.2, 0) is 23.3 Å². The first-order valence-corrected chi connectivity index (χ1v) is 22.3. The first-order valence-electron chi connectivity index (χ1n) is 16.6. The summed E-state index contributed by atoms with van der Waals surface area (Å²) in [6, 6.07) is 57.3. The molecule has 230 valence electrons. The molecule has 0 unspecified atom stereocenters. The minimum Gasteiger partial charge on any atom is -0.165 e. The third kappa shape index (κ3) is 6.66. The maximum atomic E-state index is 2.35. The molecule has 0 aliphatic carbocycles. The zero-order valence-electron chi connectivity index (χ0n) is 28.0. The standard InChI is InChI=1S/C24H17.C15H13.C7H8Si.Zr/c1-16-13-17-8-6-12-22(23(17)14-16)24-15-18-7-2-3-9-19(18)20-10-4-5-11-21(20)24;1-10-3-5-14-12(7-10)9-13-8-11(2)4-6-15(13)14;1-8-7-5-3-2-4-6-7;/h2-15H,1H3;3-9H,1-2H3;2-6H,1H3;/q2*-1;;+2. The quantitative estimate of drug-likeness (QED) is 0.0952. The average molecular weight is 710 g/mol. The second kappa shape index (κ2) is 14.0. The summed E-state index contributed by atoms with van der Waals surface area (Å²) < 4.78 is 0. The molecule has 2 heteroatoms. The first kappa shape index (κ1) is 32.2. The fourth-order valence-electron chi connectivity index (χ4n) is 6.85. The normalized spacial score (nSPS) is 11.0. The SMILES string of the molecule is C[Si](=[Zr+2])c1ccccc1.Cc1cc2c(-c3cc4ccccc4c4ccccc34)cccc2[cH-]1.Cc1ccc2c(c1)[cH-]c1cc(C)ccc12. The maximum absolute atomic E-state index is 2.35. The summed E-state index contributed by atoms with van der Waals surface area (Å²) in [7, 11) is 0. The van der Waals surface area contributed by atoms with Gasteiger partial charge in [-0.1, -0.05) is 102 Å². The molecule has 0 fully saturated rings. The Kier molecular flexibility index (Phi) is 9.40. The van der Waals surface area contributed by atoms with Crippen molar-refractivity contribution in [2.75, 3.05) is 0 Å². The fourth-order valence-corrected chi connectivity index (χ4v) is 8.77. The summed E-state index contributed by atoms with van der Waals surface area (Å²) in [6.45, 7) is 8.80. The van der Waals surface area contributed by atoms with Gasteiger partial charge in [-0.05, 0) is 47.0 Å². The van der Waals surface area contributed by atoms with Gasteiger partial charge in [0, 0.05) is 0 Å². The number of aryl methyl sites for hydroxylation is 3. The number of rotatable bonds is 2. The van der Waals surface area contributed by atoms with E-state index in [1.165, 1.54) is 81.7 Å². The Morgan fingerprint density at radius 2 is 1.04 bits per heavy atom. The number of fused-ring (bicyclic) bond motifs is 7. The summed E-state index contributed by atoms with van der Waals surface area (Å²) in [4.78, 5) is 0. The van der Waals surface area contributed by atoms with E-state index in [0.29, 0.717) is 0 Å². The molecule has 9 aromatic carbocycles. The molecule has 0 heterocycles. The molecule has 0 bridgehead atoms. The van der Waals surface area contributed by atoms with Crippen LogP contribution in [0, 0.1) is 20.8 Å². The molecule has 48 heavy (non-hydrogen) atoms. The van der Waals surface area contributed by atoms with E-state index in [9.17, 15) is 0 Å². The van der Waals surface area contributed by atoms with E-state index in [1.807, 2.05) is 0 Å². The van der Waals surface area contributed by atoms with Gasteiger partial charge in [-0.15, -0.1) is 74.3 Å². The summed E-state index contributed by atoms with van der Waals surface area (Å²) in [5.74, 6) is 0. The van der Waals surface area contributed by atoms with Gasteiger partial charge in [0.15, 0.2) is 0 Å². The van der Waals surface area contributed by atoms with Crippen molar-refractivity contribution < 1.29 is 23.3 Å². The number of benzene rings is 7. The van der Waals surface area contributed by atoms with Crippen LogP contribution in [0.4, 0.5) is 0 Å². The van der Waals surface area contributed by atoms with Gasteiger partial charge >= 0.3 is 70.8 Å². The van der Waals surface area contributed by atoms with Gasteiger partial charge in [-0.25, -0.2) is 0 Å². The Balaban J connectivity index is 0.000000129. The molecule has 0 spiro atoms. The van der Waals surface area contributed by atoms with Crippen LogP contribution in [0.2, 0.25) is 6.55 Å². The van der Waals surface area contributed by atoms with E-state index >= 15 is 0 Å². The van der Waals surface area contributed by atoms with Crippen LogP contribution < -0.4 is 5.19 Å². The van der Waals surface area contributed by atoms with Crippen molar-refractivity contribution in [1.29, 1.82) is 0 Å². The summed E-state index contributed by atoms with van der Waals surface area (Å²) in [6.07, 6.45) is 0. The molecule has 0 radical (unpaired) electrons. The van der Waals surface area contributed by atoms with E-state index in [0.717, 1.165) is 0 Å². The maximum Gasteiger partial charge on any atom is -0.00995 e. The van der Waals surface area contributed by atoms with Gasteiger partial charge in [0.05, 0.1) is 0 Å². The van der Waals surface area contributed by atoms with Crippen LogP contribution in [-0.4, -0.2) is 5.43 Å². The molecule has 9 aromatic rings. The Bertz CT molecular complexity index is 2510. The van der Waals surface area contributed by atoms with Gasteiger partial charge < -0.3 is 0 Å². The fraction of sp³-hybridized carbons (Fsp3) is 0.0870. The minimum atomic E-state index is -0.122. The summed E-state index contributed by atoms with van der Waals surface area (Å²) in [5.41, 5.74) is 6.50. The van der Waals surface area contributed by atoms with Crippen LogP contribution in [0.1, 0.15) is 16.7 Å². The Hall–Kier alpha value is -4.36. The zero-order chi connectivity index (χ0) is 33.2. The minimum absolute atomic E-state index is 0.122. The molecule has 0 aliphatic rings. The summed E-state index contributed by atoms with van der Waals surface area (Å²) >= 11 is 1.69. The molecule has 0 aromatic heterocycles. The van der Waals surface area contributed by atoms with Crippen LogP contribution in [0.25, 0.3) is 65.0 Å². The second-order valence-corrected chi connectivity index (χ2v) is 20.2. The molecule has 9 rings (SSSR count). The Morgan fingerprint density at radius 3 is 1.69 bits per heavy atom. The van der Waals surface area contributed by atoms with E-state index < -0.39 is 0 Å². The van der Waals surface area contributed by atoms with Gasteiger partial charge in [0.1, 0.15) is 0 Å². The third-order valence-electron chi connectivity index (χ3n) is 9.18. The monoisotopic (exact) mass is 708 g/mol. The Labute approximate surface area is 298 Å². The molecule has 0 aliphatic heterocycles. The number of hydrogen-bond donors (Lipinski definition) is 0. The van der Waals surface area contributed by atoms with Crippen molar-refractivity contribution >= 4 is 64.5 Å². The largest absolute Gasteiger partial charge is 0.165 e.